The van der Waals surface area contributed by atoms with Crippen LogP contribution in [0.25, 0.3) is 0 Å². The van der Waals surface area contributed by atoms with E-state index in [1.54, 1.807) is 0 Å². The molecule has 1 saturated heterocycles. The number of amides is 1. The van der Waals surface area contributed by atoms with E-state index in [1.807, 2.05) is 0 Å². The Labute approximate surface area is 122 Å². The lowest BCUT2D eigenvalue weighted by Crippen LogP contribution is -2.40. The van der Waals surface area contributed by atoms with Crippen molar-refractivity contribution in [2.75, 3.05) is 13.1 Å². The first-order valence-electron chi connectivity index (χ1n) is 7.46. The predicted molar refractivity (Wildman–Crippen MR) is 78.5 cm³/mol. The smallest absolute Gasteiger partial charge is 0.237 e. The Morgan fingerprint density at radius 3 is 2.68 bits per heavy atom. The summed E-state index contributed by atoms with van der Waals surface area (Å²) in [6, 6.07) is 0.0327. The molecule has 1 saturated carbocycles. The SMILES string of the molecule is Cl.O=C(NCCCC1CCCCC1O)C1CCCN1. The zero-order valence-corrected chi connectivity index (χ0v) is 12.4. The molecule has 0 radical (unpaired) electrons. The van der Waals surface area contributed by atoms with Gasteiger partial charge in [0, 0.05) is 6.54 Å². The molecule has 0 bridgehead atoms. The summed E-state index contributed by atoms with van der Waals surface area (Å²) in [7, 11) is 0. The van der Waals surface area contributed by atoms with Gasteiger partial charge in [0.15, 0.2) is 0 Å². The number of aliphatic hydroxyl groups excluding tert-OH is 1. The van der Waals surface area contributed by atoms with E-state index in [4.69, 9.17) is 0 Å². The van der Waals surface area contributed by atoms with Crippen molar-refractivity contribution in [2.24, 2.45) is 5.92 Å². The van der Waals surface area contributed by atoms with E-state index >= 15 is 0 Å². The average Bonchev–Trinajstić information content (AvgIpc) is 2.90. The first-order chi connectivity index (χ1) is 8.77. The predicted octanol–water partition coefficient (Wildman–Crippen LogP) is 1.61. The molecule has 0 aromatic rings. The highest BCUT2D eigenvalue weighted by Crippen LogP contribution is 2.27. The maximum atomic E-state index is 11.7. The van der Waals surface area contributed by atoms with Crippen LogP contribution in [0.2, 0.25) is 0 Å². The van der Waals surface area contributed by atoms with E-state index < -0.39 is 0 Å². The lowest BCUT2D eigenvalue weighted by molar-refractivity contribution is -0.122. The van der Waals surface area contributed by atoms with Gasteiger partial charge < -0.3 is 15.7 Å². The van der Waals surface area contributed by atoms with Gasteiger partial charge in [0.25, 0.3) is 0 Å². The molecule has 3 atom stereocenters. The molecule has 2 aliphatic rings. The monoisotopic (exact) mass is 290 g/mol. The third-order valence-electron chi connectivity index (χ3n) is 4.30. The van der Waals surface area contributed by atoms with Gasteiger partial charge in [0.05, 0.1) is 12.1 Å². The average molecular weight is 291 g/mol. The van der Waals surface area contributed by atoms with Crippen LogP contribution in [0.5, 0.6) is 0 Å². The third kappa shape index (κ3) is 5.28. The van der Waals surface area contributed by atoms with Crippen molar-refractivity contribution < 1.29 is 9.90 Å². The van der Waals surface area contributed by atoms with Crippen molar-refractivity contribution in [1.82, 2.24) is 10.6 Å². The van der Waals surface area contributed by atoms with E-state index in [-0.39, 0.29) is 30.5 Å². The Balaban J connectivity index is 0.00000180. The van der Waals surface area contributed by atoms with Gasteiger partial charge in [-0.15, -0.1) is 12.4 Å². The summed E-state index contributed by atoms with van der Waals surface area (Å²) in [5.41, 5.74) is 0. The van der Waals surface area contributed by atoms with Crippen LogP contribution in [0, 0.1) is 5.92 Å². The number of carbonyl (C=O) groups excluding carboxylic acids is 1. The third-order valence-corrected chi connectivity index (χ3v) is 4.30. The van der Waals surface area contributed by atoms with Crippen molar-refractivity contribution in [3.05, 3.63) is 0 Å². The maximum absolute atomic E-state index is 11.7. The minimum Gasteiger partial charge on any atom is -0.393 e. The first kappa shape index (κ1) is 16.7. The summed E-state index contributed by atoms with van der Waals surface area (Å²) < 4.78 is 0. The fourth-order valence-corrected chi connectivity index (χ4v) is 3.13. The summed E-state index contributed by atoms with van der Waals surface area (Å²) in [4.78, 5) is 11.7. The molecule has 3 unspecified atom stereocenters. The number of halogens is 1. The van der Waals surface area contributed by atoms with Gasteiger partial charge in [0.2, 0.25) is 5.91 Å². The number of hydrogen-bond acceptors (Lipinski definition) is 3. The molecule has 5 heteroatoms. The minimum atomic E-state index is -0.106. The van der Waals surface area contributed by atoms with Crippen LogP contribution in [0.1, 0.15) is 51.4 Å². The molecule has 2 fully saturated rings. The van der Waals surface area contributed by atoms with Gasteiger partial charge in [-0.05, 0) is 51.0 Å². The van der Waals surface area contributed by atoms with E-state index in [0.29, 0.717) is 5.92 Å². The highest BCUT2D eigenvalue weighted by Gasteiger charge is 2.23. The normalized spacial score (nSPS) is 30.7. The lowest BCUT2D eigenvalue weighted by Gasteiger charge is -2.27. The van der Waals surface area contributed by atoms with Crippen molar-refractivity contribution in [3.63, 3.8) is 0 Å². The largest absolute Gasteiger partial charge is 0.393 e. The Morgan fingerprint density at radius 2 is 2.00 bits per heavy atom. The van der Waals surface area contributed by atoms with Crippen LogP contribution in [0.3, 0.4) is 0 Å². The highest BCUT2D eigenvalue weighted by atomic mass is 35.5. The topological polar surface area (TPSA) is 61.4 Å². The maximum Gasteiger partial charge on any atom is 0.237 e. The number of aliphatic hydroxyl groups is 1. The number of nitrogens with one attached hydrogen (secondary N) is 2. The van der Waals surface area contributed by atoms with E-state index in [9.17, 15) is 9.90 Å². The van der Waals surface area contributed by atoms with Crippen LogP contribution in [-0.4, -0.2) is 36.2 Å². The van der Waals surface area contributed by atoms with Gasteiger partial charge in [-0.3, -0.25) is 4.79 Å². The van der Waals surface area contributed by atoms with E-state index in [0.717, 1.165) is 51.6 Å². The van der Waals surface area contributed by atoms with Crippen LogP contribution < -0.4 is 10.6 Å². The van der Waals surface area contributed by atoms with Crippen LogP contribution >= 0.6 is 12.4 Å². The molecule has 1 aliphatic carbocycles. The number of carbonyl (C=O) groups is 1. The molecule has 0 aromatic carbocycles. The first-order valence-corrected chi connectivity index (χ1v) is 7.46. The lowest BCUT2D eigenvalue weighted by atomic mass is 9.83. The fourth-order valence-electron chi connectivity index (χ4n) is 3.13. The molecular formula is C14H27ClN2O2. The van der Waals surface area contributed by atoms with Gasteiger partial charge in [-0.25, -0.2) is 0 Å². The molecule has 19 heavy (non-hydrogen) atoms. The summed E-state index contributed by atoms with van der Waals surface area (Å²) in [5.74, 6) is 0.608. The van der Waals surface area contributed by atoms with Crippen molar-refractivity contribution in [3.8, 4) is 0 Å². The second-order valence-corrected chi connectivity index (χ2v) is 5.69. The second-order valence-electron chi connectivity index (χ2n) is 5.69. The zero-order chi connectivity index (χ0) is 12.8. The number of rotatable bonds is 5. The molecule has 0 aromatic heterocycles. The van der Waals surface area contributed by atoms with Crippen molar-refractivity contribution in [1.29, 1.82) is 0 Å². The molecule has 1 aliphatic heterocycles. The number of hydrogen-bond donors (Lipinski definition) is 3. The van der Waals surface area contributed by atoms with Gasteiger partial charge in [0.1, 0.15) is 0 Å². The fraction of sp³-hybridized carbons (Fsp3) is 0.929. The molecule has 0 spiro atoms. The highest BCUT2D eigenvalue weighted by molar-refractivity contribution is 5.85. The van der Waals surface area contributed by atoms with Crippen LogP contribution in [-0.2, 0) is 4.79 Å². The Bertz CT molecular complexity index is 270. The summed E-state index contributed by atoms with van der Waals surface area (Å²) >= 11 is 0. The standard InChI is InChI=1S/C14H26N2O2.ClH/c17-13-8-2-1-5-11(13)6-3-10-16-14(18)12-7-4-9-15-12;/h11-13,15,17H,1-10H2,(H,16,18);1H. The summed E-state index contributed by atoms with van der Waals surface area (Å²) in [6.07, 6.45) is 8.52. The van der Waals surface area contributed by atoms with Gasteiger partial charge in [-0.2, -0.15) is 0 Å². The molecule has 2 rings (SSSR count). The second kappa shape index (κ2) is 8.77. The summed E-state index contributed by atoms with van der Waals surface area (Å²) in [6.45, 7) is 1.71. The van der Waals surface area contributed by atoms with Crippen molar-refractivity contribution in [2.45, 2.75) is 63.5 Å². The van der Waals surface area contributed by atoms with Crippen LogP contribution in [0.15, 0.2) is 0 Å². The quantitative estimate of drug-likeness (QED) is 0.674. The molecule has 1 heterocycles. The minimum absolute atomic E-state index is 0. The van der Waals surface area contributed by atoms with Crippen molar-refractivity contribution >= 4 is 18.3 Å². The van der Waals surface area contributed by atoms with E-state index in [1.165, 1.54) is 12.8 Å². The molecular weight excluding hydrogens is 264 g/mol. The molecule has 112 valence electrons. The van der Waals surface area contributed by atoms with Gasteiger partial charge in [-0.1, -0.05) is 12.8 Å². The van der Waals surface area contributed by atoms with Crippen LogP contribution in [0.4, 0.5) is 0 Å². The van der Waals surface area contributed by atoms with Gasteiger partial charge >= 0.3 is 0 Å². The Hall–Kier alpha value is -0.320. The molecule has 3 N–H and O–H groups in total. The molecule has 1 amide bonds. The Kier molecular flexibility index (Phi) is 7.73. The molecule has 4 nitrogen and oxygen atoms in total. The zero-order valence-electron chi connectivity index (χ0n) is 11.6. The Morgan fingerprint density at radius 1 is 1.21 bits per heavy atom. The van der Waals surface area contributed by atoms with E-state index in [2.05, 4.69) is 10.6 Å². The summed E-state index contributed by atoms with van der Waals surface area (Å²) in [5, 5.41) is 16.1.